The first-order chi connectivity index (χ1) is 7.69. The van der Waals surface area contributed by atoms with Gasteiger partial charge < -0.3 is 11.5 Å². The van der Waals surface area contributed by atoms with Crippen LogP contribution in [0.2, 0.25) is 0 Å². The van der Waals surface area contributed by atoms with Crippen LogP contribution in [0, 0.1) is 5.92 Å². The summed E-state index contributed by atoms with van der Waals surface area (Å²) < 4.78 is 0. The SMILES string of the molecule is CCC(CCN)C(N)(CC)c1ccccc1.Cl.Cl. The molecule has 2 unspecified atom stereocenters. The van der Waals surface area contributed by atoms with Gasteiger partial charge in [-0.05, 0) is 30.9 Å². The Labute approximate surface area is 123 Å². The maximum atomic E-state index is 6.60. The lowest BCUT2D eigenvalue weighted by atomic mass is 9.74. The third-order valence-electron chi connectivity index (χ3n) is 3.63. The number of hydrogen-bond acceptors (Lipinski definition) is 2. The molecule has 0 saturated carbocycles. The normalized spacial score (nSPS) is 14.9. The number of rotatable bonds is 6. The van der Waals surface area contributed by atoms with Crippen LogP contribution >= 0.6 is 24.8 Å². The molecular weight excluding hydrogens is 267 g/mol. The van der Waals surface area contributed by atoms with Crippen molar-refractivity contribution in [2.24, 2.45) is 17.4 Å². The van der Waals surface area contributed by atoms with Crippen LogP contribution in [0.1, 0.15) is 38.7 Å². The average molecular weight is 293 g/mol. The van der Waals surface area contributed by atoms with E-state index in [1.807, 2.05) is 6.07 Å². The van der Waals surface area contributed by atoms with Gasteiger partial charge in [-0.2, -0.15) is 0 Å². The van der Waals surface area contributed by atoms with Crippen LogP contribution in [-0.4, -0.2) is 6.54 Å². The van der Waals surface area contributed by atoms with Gasteiger partial charge in [-0.3, -0.25) is 0 Å². The lowest BCUT2D eigenvalue weighted by Crippen LogP contribution is -2.44. The third kappa shape index (κ3) is 4.43. The van der Waals surface area contributed by atoms with Crippen molar-refractivity contribution in [1.29, 1.82) is 0 Å². The van der Waals surface area contributed by atoms with E-state index >= 15 is 0 Å². The Bertz CT molecular complexity index is 306. The molecule has 1 aromatic carbocycles. The molecule has 0 amide bonds. The second-order valence-corrected chi connectivity index (χ2v) is 4.44. The number of hydrogen-bond donors (Lipinski definition) is 2. The first kappa shape index (κ1) is 20.0. The summed E-state index contributed by atoms with van der Waals surface area (Å²) in [7, 11) is 0. The van der Waals surface area contributed by atoms with Crippen LogP contribution in [-0.2, 0) is 5.54 Å². The molecule has 1 rings (SSSR count). The smallest absolute Gasteiger partial charge is 0.0435 e. The molecule has 2 atom stereocenters. The molecule has 1 aromatic rings. The molecule has 0 aliphatic rings. The Morgan fingerprint density at radius 2 is 1.67 bits per heavy atom. The Kier molecular flexibility index (Phi) is 10.7. The fourth-order valence-electron chi connectivity index (χ4n) is 2.50. The van der Waals surface area contributed by atoms with Gasteiger partial charge in [0.1, 0.15) is 0 Å². The van der Waals surface area contributed by atoms with E-state index in [1.54, 1.807) is 0 Å². The van der Waals surface area contributed by atoms with Crippen LogP contribution in [0.15, 0.2) is 30.3 Å². The lowest BCUT2D eigenvalue weighted by Gasteiger charge is -2.37. The zero-order chi connectivity index (χ0) is 12.0. The fourth-order valence-corrected chi connectivity index (χ4v) is 2.50. The van der Waals surface area contributed by atoms with Gasteiger partial charge >= 0.3 is 0 Å². The number of nitrogens with two attached hydrogens (primary N) is 2. The van der Waals surface area contributed by atoms with Crippen LogP contribution in [0.25, 0.3) is 0 Å². The van der Waals surface area contributed by atoms with Crippen molar-refractivity contribution in [3.8, 4) is 0 Å². The highest BCUT2D eigenvalue weighted by atomic mass is 35.5. The Morgan fingerprint density at radius 3 is 2.06 bits per heavy atom. The molecule has 0 aromatic heterocycles. The lowest BCUT2D eigenvalue weighted by molar-refractivity contribution is 0.244. The summed E-state index contributed by atoms with van der Waals surface area (Å²) in [5.74, 6) is 0.463. The van der Waals surface area contributed by atoms with Gasteiger partial charge in [-0.25, -0.2) is 0 Å². The fraction of sp³-hybridized carbons (Fsp3) is 0.571. The summed E-state index contributed by atoms with van der Waals surface area (Å²) in [6.07, 6.45) is 3.03. The average Bonchev–Trinajstić information content (AvgIpc) is 2.36. The predicted molar refractivity (Wildman–Crippen MR) is 84.5 cm³/mol. The van der Waals surface area contributed by atoms with E-state index in [-0.39, 0.29) is 30.4 Å². The maximum Gasteiger partial charge on any atom is 0.0435 e. The van der Waals surface area contributed by atoms with Gasteiger partial charge in [-0.1, -0.05) is 50.6 Å². The third-order valence-corrected chi connectivity index (χ3v) is 3.63. The van der Waals surface area contributed by atoms with Gasteiger partial charge in [0.2, 0.25) is 0 Å². The van der Waals surface area contributed by atoms with Gasteiger partial charge in [0.15, 0.2) is 0 Å². The van der Waals surface area contributed by atoms with E-state index in [1.165, 1.54) is 5.56 Å². The molecule has 0 radical (unpaired) electrons. The zero-order valence-corrected chi connectivity index (χ0v) is 12.9. The molecule has 4 heteroatoms. The van der Waals surface area contributed by atoms with Crippen molar-refractivity contribution in [3.05, 3.63) is 35.9 Å². The minimum atomic E-state index is -0.227. The van der Waals surface area contributed by atoms with Crippen LogP contribution in [0.4, 0.5) is 0 Å². The van der Waals surface area contributed by atoms with Crippen molar-refractivity contribution < 1.29 is 0 Å². The van der Waals surface area contributed by atoms with E-state index in [0.717, 1.165) is 19.3 Å². The molecule has 0 fully saturated rings. The molecule has 106 valence electrons. The molecule has 0 aliphatic heterocycles. The van der Waals surface area contributed by atoms with Crippen molar-refractivity contribution in [3.63, 3.8) is 0 Å². The van der Waals surface area contributed by atoms with Gasteiger partial charge in [0.25, 0.3) is 0 Å². The minimum Gasteiger partial charge on any atom is -0.330 e. The molecule has 4 N–H and O–H groups in total. The van der Waals surface area contributed by atoms with E-state index in [4.69, 9.17) is 11.5 Å². The van der Waals surface area contributed by atoms with Crippen molar-refractivity contribution >= 4 is 24.8 Å². The van der Waals surface area contributed by atoms with E-state index < -0.39 is 0 Å². The molecule has 0 heterocycles. The van der Waals surface area contributed by atoms with Crippen LogP contribution < -0.4 is 11.5 Å². The van der Waals surface area contributed by atoms with E-state index in [9.17, 15) is 0 Å². The molecule has 0 bridgehead atoms. The summed E-state index contributed by atoms with van der Waals surface area (Å²) in [4.78, 5) is 0. The van der Waals surface area contributed by atoms with Crippen molar-refractivity contribution in [2.45, 2.75) is 38.6 Å². The second-order valence-electron chi connectivity index (χ2n) is 4.44. The summed E-state index contributed by atoms with van der Waals surface area (Å²) in [5.41, 5.74) is 13.3. The van der Waals surface area contributed by atoms with Crippen LogP contribution in [0.5, 0.6) is 0 Å². The molecule has 0 saturated heterocycles. The maximum absolute atomic E-state index is 6.60. The molecule has 2 nitrogen and oxygen atoms in total. The van der Waals surface area contributed by atoms with E-state index in [2.05, 4.69) is 38.1 Å². The Morgan fingerprint density at radius 1 is 1.11 bits per heavy atom. The molecule has 0 aliphatic carbocycles. The number of benzene rings is 1. The highest BCUT2D eigenvalue weighted by Crippen LogP contribution is 2.34. The first-order valence-corrected chi connectivity index (χ1v) is 6.23. The quantitative estimate of drug-likeness (QED) is 0.843. The van der Waals surface area contributed by atoms with Crippen LogP contribution in [0.3, 0.4) is 0 Å². The minimum absolute atomic E-state index is 0. The highest BCUT2D eigenvalue weighted by Gasteiger charge is 2.32. The molecule has 18 heavy (non-hydrogen) atoms. The highest BCUT2D eigenvalue weighted by molar-refractivity contribution is 5.85. The summed E-state index contributed by atoms with van der Waals surface area (Å²) in [5, 5.41) is 0. The Balaban J connectivity index is 0. The predicted octanol–water partition coefficient (Wildman–Crippen LogP) is 3.47. The monoisotopic (exact) mass is 292 g/mol. The van der Waals surface area contributed by atoms with Crippen molar-refractivity contribution in [2.75, 3.05) is 6.54 Å². The van der Waals surface area contributed by atoms with Gasteiger partial charge in [0.05, 0.1) is 0 Å². The summed E-state index contributed by atoms with van der Waals surface area (Å²) >= 11 is 0. The zero-order valence-electron chi connectivity index (χ0n) is 11.3. The molecular formula is C14H26Cl2N2. The Hall–Kier alpha value is -0.280. The summed E-state index contributed by atoms with van der Waals surface area (Å²) in [6.45, 7) is 5.07. The topological polar surface area (TPSA) is 52.0 Å². The molecule has 0 spiro atoms. The van der Waals surface area contributed by atoms with Gasteiger partial charge in [0, 0.05) is 5.54 Å². The first-order valence-electron chi connectivity index (χ1n) is 6.23. The van der Waals surface area contributed by atoms with Crippen molar-refractivity contribution in [1.82, 2.24) is 0 Å². The number of halogens is 2. The largest absolute Gasteiger partial charge is 0.330 e. The summed E-state index contributed by atoms with van der Waals surface area (Å²) in [6, 6.07) is 10.4. The van der Waals surface area contributed by atoms with Gasteiger partial charge in [-0.15, -0.1) is 24.8 Å². The van der Waals surface area contributed by atoms with E-state index in [0.29, 0.717) is 12.5 Å². The standard InChI is InChI=1S/C14H24N2.2ClH/c1-3-12(10-11-15)14(16,4-2)13-8-6-5-7-9-13;;/h5-9,12H,3-4,10-11,15-16H2,1-2H3;2*1H. The second kappa shape index (κ2) is 9.62.